The Morgan fingerprint density at radius 3 is 2.59 bits per heavy atom. The van der Waals surface area contributed by atoms with Gasteiger partial charge < -0.3 is 10.2 Å². The van der Waals surface area contributed by atoms with E-state index in [9.17, 15) is 8.42 Å². The van der Waals surface area contributed by atoms with Gasteiger partial charge in [-0.05, 0) is 38.4 Å². The van der Waals surface area contributed by atoms with Gasteiger partial charge in [-0.1, -0.05) is 0 Å². The molecule has 0 unspecified atom stereocenters. The summed E-state index contributed by atoms with van der Waals surface area (Å²) in [6.45, 7) is 5.33. The fraction of sp³-hybridized carbons (Fsp3) is 0.556. The molecule has 0 spiro atoms. The minimum Gasteiger partial charge on any atom is -0.369 e. The molecule has 1 N–H and O–H groups in total. The first-order valence-electron chi connectivity index (χ1n) is 9.39. The minimum atomic E-state index is -3.48. The molecule has 0 radical (unpaired) electrons. The number of rotatable bonds is 4. The van der Waals surface area contributed by atoms with Crippen LogP contribution >= 0.6 is 0 Å². The number of sulfonamides is 1. The third kappa shape index (κ3) is 3.71. The highest BCUT2D eigenvalue weighted by molar-refractivity contribution is 7.89. The molecule has 0 aliphatic carbocycles. The second-order valence-corrected chi connectivity index (χ2v) is 9.22. The second-order valence-electron chi connectivity index (χ2n) is 7.28. The highest BCUT2D eigenvalue weighted by Gasteiger charge is 2.30. The predicted molar refractivity (Wildman–Crippen MR) is 103 cm³/mol. The largest absolute Gasteiger partial charge is 0.369 e. The van der Waals surface area contributed by atoms with Crippen LogP contribution in [-0.2, 0) is 17.1 Å². The van der Waals surface area contributed by atoms with E-state index in [1.807, 2.05) is 6.92 Å². The molecule has 146 valence electrons. The molecule has 2 aliphatic rings. The van der Waals surface area contributed by atoms with E-state index in [4.69, 9.17) is 4.98 Å². The fourth-order valence-electron chi connectivity index (χ4n) is 3.84. The highest BCUT2D eigenvalue weighted by Crippen LogP contribution is 2.27. The quantitative estimate of drug-likeness (QED) is 0.841. The molecule has 2 aromatic rings. The molecule has 4 heterocycles. The number of nitrogens with one attached hydrogen (secondary N) is 1. The Kier molecular flexibility index (Phi) is 4.92. The molecule has 2 aromatic heterocycles. The molecule has 1 atom stereocenters. The van der Waals surface area contributed by atoms with Crippen LogP contribution in [0.15, 0.2) is 29.4 Å². The van der Waals surface area contributed by atoms with E-state index >= 15 is 0 Å². The number of aromatic nitrogens is 3. The smallest absolute Gasteiger partial charge is 0.246 e. The van der Waals surface area contributed by atoms with Crippen molar-refractivity contribution in [2.75, 3.05) is 37.6 Å². The summed E-state index contributed by atoms with van der Waals surface area (Å²) in [6.07, 6.45) is 5.26. The van der Waals surface area contributed by atoms with Crippen molar-refractivity contribution >= 4 is 15.7 Å². The van der Waals surface area contributed by atoms with Crippen LogP contribution in [-0.4, -0.2) is 60.2 Å². The van der Waals surface area contributed by atoms with Crippen LogP contribution in [0.4, 0.5) is 5.69 Å². The van der Waals surface area contributed by atoms with E-state index in [1.165, 1.54) is 17.3 Å². The van der Waals surface area contributed by atoms with E-state index in [1.54, 1.807) is 17.5 Å². The van der Waals surface area contributed by atoms with Crippen LogP contribution in [0.25, 0.3) is 0 Å². The van der Waals surface area contributed by atoms with Crippen molar-refractivity contribution in [2.24, 2.45) is 7.05 Å². The Hall–Kier alpha value is -1.97. The summed E-state index contributed by atoms with van der Waals surface area (Å²) in [6, 6.07) is 4.57. The van der Waals surface area contributed by atoms with Gasteiger partial charge in [-0.25, -0.2) is 8.42 Å². The lowest BCUT2D eigenvalue weighted by atomic mass is 10.1. The van der Waals surface area contributed by atoms with Crippen LogP contribution in [0.3, 0.4) is 0 Å². The van der Waals surface area contributed by atoms with Gasteiger partial charge in [-0.3, -0.25) is 9.67 Å². The Labute approximate surface area is 160 Å². The van der Waals surface area contributed by atoms with Crippen molar-refractivity contribution in [3.8, 4) is 0 Å². The van der Waals surface area contributed by atoms with Crippen LogP contribution < -0.4 is 10.2 Å². The number of aryl methyl sites for hydroxylation is 2. The molecule has 2 saturated heterocycles. The molecule has 2 aliphatic heterocycles. The molecule has 0 bridgehead atoms. The second kappa shape index (κ2) is 7.21. The SMILES string of the molecule is Cc1cc(N2CCN(S(=O)(=O)c3cnn(C)c3)CC2)cc([C@H]2CCCN2)n1. The van der Waals surface area contributed by atoms with Gasteiger partial charge in [0.15, 0.2) is 0 Å². The maximum Gasteiger partial charge on any atom is 0.246 e. The van der Waals surface area contributed by atoms with E-state index in [2.05, 4.69) is 27.4 Å². The zero-order chi connectivity index (χ0) is 19.0. The van der Waals surface area contributed by atoms with Crippen molar-refractivity contribution in [3.05, 3.63) is 35.9 Å². The summed E-state index contributed by atoms with van der Waals surface area (Å²) in [5, 5.41) is 7.49. The van der Waals surface area contributed by atoms with Gasteiger partial charge in [0, 0.05) is 56.8 Å². The van der Waals surface area contributed by atoms with Crippen molar-refractivity contribution in [1.82, 2.24) is 24.4 Å². The first-order chi connectivity index (χ1) is 12.9. The zero-order valence-electron chi connectivity index (χ0n) is 15.8. The first-order valence-corrected chi connectivity index (χ1v) is 10.8. The van der Waals surface area contributed by atoms with Crippen LogP contribution in [0.5, 0.6) is 0 Å². The molecule has 8 nitrogen and oxygen atoms in total. The number of anilines is 1. The van der Waals surface area contributed by atoms with E-state index < -0.39 is 10.0 Å². The molecular weight excluding hydrogens is 364 g/mol. The summed E-state index contributed by atoms with van der Waals surface area (Å²) in [5.74, 6) is 0. The lowest BCUT2D eigenvalue weighted by Crippen LogP contribution is -2.48. The van der Waals surface area contributed by atoms with Gasteiger partial charge in [0.1, 0.15) is 4.90 Å². The summed E-state index contributed by atoms with van der Waals surface area (Å²) < 4.78 is 28.6. The average Bonchev–Trinajstić information content (AvgIpc) is 3.33. The highest BCUT2D eigenvalue weighted by atomic mass is 32.2. The topological polar surface area (TPSA) is 83.4 Å². The predicted octanol–water partition coefficient (Wildman–Crippen LogP) is 1.06. The third-order valence-corrected chi connectivity index (χ3v) is 7.15. The Bertz CT molecular complexity index is 912. The monoisotopic (exact) mass is 390 g/mol. The number of hydrogen-bond donors (Lipinski definition) is 1. The van der Waals surface area contributed by atoms with Crippen LogP contribution in [0.2, 0.25) is 0 Å². The maximum absolute atomic E-state index is 12.8. The minimum absolute atomic E-state index is 0.257. The number of piperazine rings is 1. The van der Waals surface area contributed by atoms with E-state index in [-0.39, 0.29) is 4.90 Å². The maximum atomic E-state index is 12.8. The molecule has 0 aromatic carbocycles. The van der Waals surface area contributed by atoms with Gasteiger partial charge in [-0.2, -0.15) is 9.40 Å². The van der Waals surface area contributed by atoms with Crippen molar-refractivity contribution in [3.63, 3.8) is 0 Å². The third-order valence-electron chi connectivity index (χ3n) is 5.30. The molecule has 9 heteroatoms. The lowest BCUT2D eigenvalue weighted by Gasteiger charge is -2.35. The standard InChI is InChI=1S/C18H26N6O2S/c1-14-10-15(11-18(21-14)17-4-3-5-19-17)23-6-8-24(9-7-23)27(25,26)16-12-20-22(2)13-16/h10-13,17,19H,3-9H2,1-2H3/t17-/m1/s1. The van der Waals surface area contributed by atoms with E-state index in [0.29, 0.717) is 32.2 Å². The Morgan fingerprint density at radius 2 is 1.96 bits per heavy atom. The molecule has 2 fully saturated rings. The Morgan fingerprint density at radius 1 is 1.19 bits per heavy atom. The summed E-state index contributed by atoms with van der Waals surface area (Å²) in [7, 11) is -1.75. The fourth-order valence-corrected chi connectivity index (χ4v) is 5.25. The number of nitrogens with zero attached hydrogens (tertiary/aromatic N) is 5. The number of hydrogen-bond acceptors (Lipinski definition) is 6. The molecule has 4 rings (SSSR count). The first kappa shape index (κ1) is 18.4. The van der Waals surface area contributed by atoms with Gasteiger partial charge in [0.25, 0.3) is 0 Å². The molecule has 0 saturated carbocycles. The van der Waals surface area contributed by atoms with Crippen molar-refractivity contribution < 1.29 is 8.42 Å². The van der Waals surface area contributed by atoms with Crippen molar-refractivity contribution in [2.45, 2.75) is 30.7 Å². The van der Waals surface area contributed by atoms with Crippen LogP contribution in [0.1, 0.15) is 30.3 Å². The number of pyridine rings is 1. The van der Waals surface area contributed by atoms with Gasteiger partial charge >= 0.3 is 0 Å². The average molecular weight is 391 g/mol. The van der Waals surface area contributed by atoms with Crippen LogP contribution in [0, 0.1) is 6.92 Å². The molecular formula is C18H26N6O2S. The lowest BCUT2D eigenvalue weighted by molar-refractivity contribution is 0.384. The molecule has 0 amide bonds. The van der Waals surface area contributed by atoms with E-state index in [0.717, 1.165) is 30.0 Å². The summed E-state index contributed by atoms with van der Waals surface area (Å²) in [5.41, 5.74) is 3.22. The summed E-state index contributed by atoms with van der Waals surface area (Å²) >= 11 is 0. The summed E-state index contributed by atoms with van der Waals surface area (Å²) in [4.78, 5) is 7.21. The van der Waals surface area contributed by atoms with Gasteiger partial charge in [-0.15, -0.1) is 0 Å². The Balaban J connectivity index is 1.48. The van der Waals surface area contributed by atoms with Gasteiger partial charge in [0.05, 0.1) is 11.9 Å². The zero-order valence-corrected chi connectivity index (χ0v) is 16.6. The molecule has 27 heavy (non-hydrogen) atoms. The van der Waals surface area contributed by atoms with Crippen molar-refractivity contribution in [1.29, 1.82) is 0 Å². The normalized spacial score (nSPS) is 21.7. The van der Waals surface area contributed by atoms with Gasteiger partial charge in [0.2, 0.25) is 10.0 Å².